The number of aliphatic hydroxyl groups is 1. The van der Waals surface area contributed by atoms with Crippen molar-refractivity contribution in [2.75, 3.05) is 23.7 Å². The second-order valence-electron chi connectivity index (χ2n) is 8.92. The molecule has 9 nitrogen and oxygen atoms in total. The zero-order valence-electron chi connectivity index (χ0n) is 20.0. The minimum Gasteiger partial charge on any atom is -0.393 e. The third kappa shape index (κ3) is 5.64. The van der Waals surface area contributed by atoms with Crippen LogP contribution in [0.2, 0.25) is 0 Å². The van der Waals surface area contributed by atoms with Crippen LogP contribution in [0.3, 0.4) is 0 Å². The molecular weight excluding hydrogens is 430 g/mol. The van der Waals surface area contributed by atoms with Gasteiger partial charge in [0, 0.05) is 30.5 Å². The lowest BCUT2D eigenvalue weighted by atomic mass is 9.93. The van der Waals surface area contributed by atoms with E-state index < -0.39 is 0 Å². The second kappa shape index (κ2) is 11.3. The predicted octanol–water partition coefficient (Wildman–Crippen LogP) is 4.71. The van der Waals surface area contributed by atoms with E-state index in [1.165, 1.54) is 0 Å². The highest BCUT2D eigenvalue weighted by Crippen LogP contribution is 2.34. The Kier molecular flexibility index (Phi) is 7.95. The second-order valence-corrected chi connectivity index (χ2v) is 8.92. The smallest absolute Gasteiger partial charge is 0.319 e. The van der Waals surface area contributed by atoms with E-state index in [4.69, 9.17) is 10.1 Å². The maximum atomic E-state index is 12.0. The number of hydrogen-bond donors (Lipinski definition) is 4. The molecule has 1 saturated carbocycles. The minimum atomic E-state index is -0.229. The third-order valence-electron chi connectivity index (χ3n) is 6.23. The van der Waals surface area contributed by atoms with E-state index in [1.807, 2.05) is 42.1 Å². The number of anilines is 2. The molecule has 0 radical (unpaired) electrons. The monoisotopic (exact) mass is 465 g/mol. The number of fused-ring (bicyclic) bond motifs is 1. The normalized spacial score (nSPS) is 18.1. The van der Waals surface area contributed by atoms with Gasteiger partial charge in [-0.25, -0.2) is 14.5 Å². The molecule has 34 heavy (non-hydrogen) atoms. The first-order valence-corrected chi connectivity index (χ1v) is 12.4. The molecule has 0 spiro atoms. The average Bonchev–Trinajstić information content (AvgIpc) is 3.23. The van der Waals surface area contributed by atoms with E-state index in [0.717, 1.165) is 79.5 Å². The molecule has 4 rings (SSSR count). The number of unbranched alkanes of at least 4 members (excludes halogenated alkanes) is 1. The number of carbonyl (C=O) groups is 1. The van der Waals surface area contributed by atoms with Crippen LogP contribution < -0.4 is 16.0 Å². The summed E-state index contributed by atoms with van der Waals surface area (Å²) in [6.07, 6.45) is 7.95. The molecule has 2 aromatic heterocycles. The lowest BCUT2D eigenvalue weighted by Gasteiger charge is -2.25. The summed E-state index contributed by atoms with van der Waals surface area (Å²) in [4.78, 5) is 21.3. The van der Waals surface area contributed by atoms with Crippen LogP contribution in [-0.4, -0.2) is 50.1 Å². The first-order chi connectivity index (χ1) is 16.6. The molecule has 2 heterocycles. The molecule has 0 aliphatic heterocycles. The van der Waals surface area contributed by atoms with Crippen LogP contribution in [-0.2, 0) is 0 Å². The molecule has 0 atom stereocenters. The van der Waals surface area contributed by atoms with Crippen molar-refractivity contribution >= 4 is 28.7 Å². The zero-order chi connectivity index (χ0) is 23.9. The molecule has 4 N–H and O–H groups in total. The van der Waals surface area contributed by atoms with Crippen LogP contribution in [0.1, 0.15) is 64.8 Å². The summed E-state index contributed by atoms with van der Waals surface area (Å²) >= 11 is 0. The van der Waals surface area contributed by atoms with Gasteiger partial charge in [0.25, 0.3) is 0 Å². The minimum absolute atomic E-state index is 0.196. The number of amides is 2. The zero-order valence-corrected chi connectivity index (χ0v) is 20.0. The molecule has 1 fully saturated rings. The SMILES string of the molecule is CCCCNc1ncc2c(-c3ccc(NC(=O)NCCC)cc3)nn([C@H]3CC[C@H](O)CC3)c2n1. The number of nitrogens with one attached hydrogen (secondary N) is 3. The summed E-state index contributed by atoms with van der Waals surface area (Å²) in [6, 6.07) is 7.66. The predicted molar refractivity (Wildman–Crippen MR) is 135 cm³/mol. The molecule has 3 aromatic rings. The Bertz CT molecular complexity index is 1090. The van der Waals surface area contributed by atoms with Gasteiger partial charge in [-0.1, -0.05) is 32.4 Å². The van der Waals surface area contributed by atoms with Crippen molar-refractivity contribution in [2.24, 2.45) is 0 Å². The first-order valence-electron chi connectivity index (χ1n) is 12.4. The van der Waals surface area contributed by atoms with Crippen molar-refractivity contribution in [2.45, 2.75) is 70.9 Å². The molecule has 1 aliphatic rings. The molecule has 182 valence electrons. The maximum absolute atomic E-state index is 12.0. The number of nitrogens with zero attached hydrogens (tertiary/aromatic N) is 4. The Labute approximate surface area is 200 Å². The van der Waals surface area contributed by atoms with Crippen LogP contribution in [0, 0.1) is 0 Å². The summed E-state index contributed by atoms with van der Waals surface area (Å²) < 4.78 is 2.02. The van der Waals surface area contributed by atoms with Gasteiger partial charge in [-0.3, -0.25) is 0 Å². The third-order valence-corrected chi connectivity index (χ3v) is 6.23. The number of aliphatic hydroxyl groups excluding tert-OH is 1. The van der Waals surface area contributed by atoms with Gasteiger partial charge < -0.3 is 21.1 Å². The largest absolute Gasteiger partial charge is 0.393 e. The van der Waals surface area contributed by atoms with Gasteiger partial charge in [0.2, 0.25) is 5.95 Å². The maximum Gasteiger partial charge on any atom is 0.319 e. The van der Waals surface area contributed by atoms with Crippen LogP contribution in [0.5, 0.6) is 0 Å². The number of aromatic nitrogens is 4. The van der Waals surface area contributed by atoms with Crippen LogP contribution in [0.4, 0.5) is 16.4 Å². The van der Waals surface area contributed by atoms with Gasteiger partial charge in [0.05, 0.1) is 17.5 Å². The van der Waals surface area contributed by atoms with Gasteiger partial charge in [-0.05, 0) is 50.7 Å². The molecule has 9 heteroatoms. The summed E-state index contributed by atoms with van der Waals surface area (Å²) in [6.45, 7) is 5.64. The average molecular weight is 466 g/mol. The number of hydrogen-bond acceptors (Lipinski definition) is 6. The lowest BCUT2D eigenvalue weighted by Crippen LogP contribution is -2.29. The topological polar surface area (TPSA) is 117 Å². The fourth-order valence-corrected chi connectivity index (χ4v) is 4.28. The van der Waals surface area contributed by atoms with E-state index in [0.29, 0.717) is 12.5 Å². The molecule has 2 amide bonds. The first kappa shape index (κ1) is 23.9. The Morgan fingerprint density at radius 1 is 1.09 bits per heavy atom. The molecule has 1 aromatic carbocycles. The van der Waals surface area contributed by atoms with Crippen molar-refractivity contribution in [3.8, 4) is 11.3 Å². The van der Waals surface area contributed by atoms with E-state index in [9.17, 15) is 9.90 Å². The summed E-state index contributed by atoms with van der Waals surface area (Å²) in [7, 11) is 0. The van der Waals surface area contributed by atoms with Crippen LogP contribution >= 0.6 is 0 Å². The van der Waals surface area contributed by atoms with Gasteiger partial charge in [0.1, 0.15) is 5.69 Å². The van der Waals surface area contributed by atoms with E-state index in [2.05, 4.69) is 27.9 Å². The standard InChI is InChI=1S/C25H35N7O2/c1-3-5-15-26-24-28-16-21-22(17-6-8-18(9-7-17)29-25(34)27-14-4-2)31-32(23(21)30-24)19-10-12-20(33)13-11-19/h6-9,16,19-20,33H,3-5,10-15H2,1-2H3,(H,26,28,30)(H2,27,29,34)/t19-,20-. The summed E-state index contributed by atoms with van der Waals surface area (Å²) in [5.74, 6) is 0.613. The number of carbonyl (C=O) groups excluding carboxylic acids is 1. The lowest BCUT2D eigenvalue weighted by molar-refractivity contribution is 0.109. The van der Waals surface area contributed by atoms with Crippen molar-refractivity contribution < 1.29 is 9.90 Å². The number of urea groups is 1. The Morgan fingerprint density at radius 2 is 1.85 bits per heavy atom. The molecule has 1 aliphatic carbocycles. The Hall–Kier alpha value is -3.20. The van der Waals surface area contributed by atoms with E-state index in [1.54, 1.807) is 0 Å². The molecule has 0 saturated heterocycles. The Morgan fingerprint density at radius 3 is 2.56 bits per heavy atom. The molecule has 0 bridgehead atoms. The summed E-state index contributed by atoms with van der Waals surface area (Å²) in [5, 5.41) is 24.8. The van der Waals surface area contributed by atoms with Gasteiger partial charge in [0.15, 0.2) is 5.65 Å². The summed E-state index contributed by atoms with van der Waals surface area (Å²) in [5.41, 5.74) is 3.30. The fraction of sp³-hybridized carbons (Fsp3) is 0.520. The van der Waals surface area contributed by atoms with Crippen molar-refractivity contribution in [3.63, 3.8) is 0 Å². The van der Waals surface area contributed by atoms with Gasteiger partial charge in [-0.15, -0.1) is 0 Å². The molecule has 0 unspecified atom stereocenters. The fourth-order valence-electron chi connectivity index (χ4n) is 4.28. The van der Waals surface area contributed by atoms with E-state index >= 15 is 0 Å². The van der Waals surface area contributed by atoms with Crippen molar-refractivity contribution in [1.82, 2.24) is 25.1 Å². The Balaban J connectivity index is 1.63. The van der Waals surface area contributed by atoms with E-state index in [-0.39, 0.29) is 18.2 Å². The number of benzene rings is 1. The highest BCUT2D eigenvalue weighted by atomic mass is 16.3. The van der Waals surface area contributed by atoms with Gasteiger partial charge >= 0.3 is 6.03 Å². The van der Waals surface area contributed by atoms with Crippen LogP contribution in [0.25, 0.3) is 22.3 Å². The van der Waals surface area contributed by atoms with Gasteiger partial charge in [-0.2, -0.15) is 10.1 Å². The van der Waals surface area contributed by atoms with Crippen molar-refractivity contribution in [1.29, 1.82) is 0 Å². The highest BCUT2D eigenvalue weighted by Gasteiger charge is 2.25. The van der Waals surface area contributed by atoms with Crippen LogP contribution in [0.15, 0.2) is 30.5 Å². The quantitative estimate of drug-likeness (QED) is 0.340. The number of rotatable bonds is 9. The van der Waals surface area contributed by atoms with Crippen molar-refractivity contribution in [3.05, 3.63) is 30.5 Å². The molecular formula is C25H35N7O2. The highest BCUT2D eigenvalue weighted by molar-refractivity contribution is 5.93.